The molecule has 104 valence electrons. The van der Waals surface area contributed by atoms with Crippen LogP contribution in [0.4, 0.5) is 0 Å². The van der Waals surface area contributed by atoms with Crippen molar-refractivity contribution in [1.29, 1.82) is 0 Å². The molecule has 1 aromatic carbocycles. The van der Waals surface area contributed by atoms with Crippen LogP contribution in [0, 0.1) is 0 Å². The Balaban J connectivity index is 1.96. The fourth-order valence-electron chi connectivity index (χ4n) is 1.97. The fourth-order valence-corrected chi connectivity index (χ4v) is 2.14. The monoisotopic (exact) mass is 293 g/mol. The van der Waals surface area contributed by atoms with Crippen LogP contribution in [0.25, 0.3) is 11.3 Å². The Morgan fingerprint density at radius 3 is 2.80 bits per heavy atom. The maximum absolute atomic E-state index is 10.9. The van der Waals surface area contributed by atoms with Crippen molar-refractivity contribution in [3.63, 3.8) is 0 Å². The number of carboxylic acids is 1. The van der Waals surface area contributed by atoms with Gasteiger partial charge >= 0.3 is 5.97 Å². The van der Waals surface area contributed by atoms with Gasteiger partial charge in [0.25, 0.3) is 0 Å². The normalized spacial score (nSPS) is 14.8. The van der Waals surface area contributed by atoms with E-state index in [1.54, 1.807) is 18.2 Å². The van der Waals surface area contributed by atoms with Gasteiger partial charge in [0.1, 0.15) is 5.75 Å². The molecule has 1 N–H and O–H groups in total. The van der Waals surface area contributed by atoms with Crippen LogP contribution < -0.4 is 4.74 Å². The molecular formula is C14H12ClNO4. The third-order valence-electron chi connectivity index (χ3n) is 3.28. The van der Waals surface area contributed by atoms with E-state index in [2.05, 4.69) is 5.16 Å². The zero-order valence-corrected chi connectivity index (χ0v) is 11.3. The molecule has 1 aliphatic rings. The first kappa shape index (κ1) is 13.0. The molecule has 0 bridgehead atoms. The predicted molar refractivity (Wildman–Crippen MR) is 72.2 cm³/mol. The number of ether oxygens (including phenoxy) is 1. The zero-order valence-electron chi connectivity index (χ0n) is 10.5. The Bertz CT molecular complexity index is 648. The van der Waals surface area contributed by atoms with Crippen molar-refractivity contribution in [1.82, 2.24) is 5.16 Å². The van der Waals surface area contributed by atoms with Crippen LogP contribution in [0.5, 0.6) is 5.75 Å². The predicted octanol–water partition coefficient (Wildman–Crippen LogP) is 3.62. The zero-order chi connectivity index (χ0) is 14.1. The smallest absolute Gasteiger partial charge is 0.358 e. The highest BCUT2D eigenvalue weighted by atomic mass is 35.5. The van der Waals surface area contributed by atoms with Crippen molar-refractivity contribution < 1.29 is 19.2 Å². The van der Waals surface area contributed by atoms with Crippen molar-refractivity contribution in [3.05, 3.63) is 35.0 Å². The van der Waals surface area contributed by atoms with Crippen molar-refractivity contribution in [2.75, 3.05) is 0 Å². The quantitative estimate of drug-likeness (QED) is 0.932. The Morgan fingerprint density at radius 1 is 1.40 bits per heavy atom. The van der Waals surface area contributed by atoms with E-state index in [0.717, 1.165) is 12.8 Å². The van der Waals surface area contributed by atoms with Gasteiger partial charge < -0.3 is 14.4 Å². The first-order valence-electron chi connectivity index (χ1n) is 6.30. The topological polar surface area (TPSA) is 72.6 Å². The Labute approximate surface area is 120 Å². The second-order valence-corrected chi connectivity index (χ2v) is 5.13. The summed E-state index contributed by atoms with van der Waals surface area (Å²) in [7, 11) is 0. The Morgan fingerprint density at radius 2 is 2.20 bits per heavy atom. The first-order valence-corrected chi connectivity index (χ1v) is 6.68. The van der Waals surface area contributed by atoms with Crippen LogP contribution in [-0.2, 0) is 0 Å². The van der Waals surface area contributed by atoms with Gasteiger partial charge in [-0.1, -0.05) is 16.8 Å². The van der Waals surface area contributed by atoms with Gasteiger partial charge in [0, 0.05) is 11.1 Å². The van der Waals surface area contributed by atoms with Gasteiger partial charge in [-0.05, 0) is 37.5 Å². The molecule has 1 saturated carbocycles. The number of carboxylic acid groups (broad SMARTS) is 1. The van der Waals surface area contributed by atoms with Crippen LogP contribution in [-0.4, -0.2) is 22.3 Å². The number of hydrogen-bond donors (Lipinski definition) is 1. The van der Waals surface area contributed by atoms with Crippen LogP contribution in [0.2, 0.25) is 5.02 Å². The van der Waals surface area contributed by atoms with Gasteiger partial charge in [0.05, 0.1) is 11.7 Å². The lowest BCUT2D eigenvalue weighted by Crippen LogP contribution is -2.24. The van der Waals surface area contributed by atoms with Crippen molar-refractivity contribution in [3.8, 4) is 17.1 Å². The number of rotatable bonds is 4. The minimum absolute atomic E-state index is 0.144. The maximum atomic E-state index is 10.9. The lowest BCUT2D eigenvalue weighted by atomic mass is 9.96. The maximum Gasteiger partial charge on any atom is 0.358 e. The highest BCUT2D eigenvalue weighted by Gasteiger charge is 2.22. The molecule has 6 heteroatoms. The van der Waals surface area contributed by atoms with Crippen LogP contribution in [0.15, 0.2) is 28.8 Å². The minimum atomic E-state index is -1.14. The summed E-state index contributed by atoms with van der Waals surface area (Å²) in [5.41, 5.74) is 0.471. The summed E-state index contributed by atoms with van der Waals surface area (Å²) in [6.45, 7) is 0. The molecule has 0 amide bonds. The second kappa shape index (κ2) is 5.17. The Hall–Kier alpha value is -2.01. The lowest BCUT2D eigenvalue weighted by Gasteiger charge is -2.27. The van der Waals surface area contributed by atoms with Gasteiger partial charge in [-0.15, -0.1) is 0 Å². The van der Waals surface area contributed by atoms with Crippen LogP contribution in [0.3, 0.4) is 0 Å². The van der Waals surface area contributed by atoms with E-state index in [1.807, 2.05) is 0 Å². The summed E-state index contributed by atoms with van der Waals surface area (Å²) >= 11 is 5.99. The van der Waals surface area contributed by atoms with Gasteiger partial charge in [-0.3, -0.25) is 0 Å². The van der Waals surface area contributed by atoms with Gasteiger partial charge in [0.2, 0.25) is 0 Å². The molecule has 0 saturated heterocycles. The number of aromatic nitrogens is 1. The van der Waals surface area contributed by atoms with Crippen molar-refractivity contribution >= 4 is 17.6 Å². The molecule has 0 atom stereocenters. The summed E-state index contributed by atoms with van der Waals surface area (Å²) < 4.78 is 10.9. The summed E-state index contributed by atoms with van der Waals surface area (Å²) in [4.78, 5) is 10.9. The number of halogens is 1. The van der Waals surface area contributed by atoms with E-state index in [4.69, 9.17) is 26.0 Å². The van der Waals surface area contributed by atoms with E-state index in [-0.39, 0.29) is 11.8 Å². The van der Waals surface area contributed by atoms with E-state index in [9.17, 15) is 4.79 Å². The molecule has 0 radical (unpaired) electrons. The molecule has 3 rings (SSSR count). The molecule has 2 aromatic rings. The highest BCUT2D eigenvalue weighted by molar-refractivity contribution is 6.30. The molecule has 0 unspecified atom stereocenters. The van der Waals surface area contributed by atoms with Crippen LogP contribution >= 0.6 is 11.6 Å². The standard InChI is InChI=1S/C14H12ClNO4/c15-8-4-5-12(19-9-2-1-3-9)10(6-8)13-7-11(14(17)18)16-20-13/h4-7,9H,1-3H2,(H,17,18). The molecule has 1 heterocycles. The summed E-state index contributed by atoms with van der Waals surface area (Å²) in [6, 6.07) is 6.54. The average molecular weight is 294 g/mol. The third kappa shape index (κ3) is 2.49. The molecule has 20 heavy (non-hydrogen) atoms. The van der Waals surface area contributed by atoms with E-state index in [0.29, 0.717) is 22.1 Å². The van der Waals surface area contributed by atoms with Crippen molar-refractivity contribution in [2.45, 2.75) is 25.4 Å². The number of aromatic carboxylic acids is 1. The average Bonchev–Trinajstić information content (AvgIpc) is 2.84. The third-order valence-corrected chi connectivity index (χ3v) is 3.52. The minimum Gasteiger partial charge on any atom is -0.490 e. The number of nitrogens with zero attached hydrogens (tertiary/aromatic N) is 1. The first-order chi connectivity index (χ1) is 9.63. The molecular weight excluding hydrogens is 282 g/mol. The van der Waals surface area contributed by atoms with Gasteiger partial charge in [-0.25, -0.2) is 4.79 Å². The van der Waals surface area contributed by atoms with Crippen LogP contribution in [0.1, 0.15) is 29.8 Å². The van der Waals surface area contributed by atoms with Gasteiger partial charge in [0.15, 0.2) is 11.5 Å². The van der Waals surface area contributed by atoms with E-state index < -0.39 is 5.97 Å². The fraction of sp³-hybridized carbons (Fsp3) is 0.286. The molecule has 0 spiro atoms. The number of carbonyl (C=O) groups is 1. The van der Waals surface area contributed by atoms with Gasteiger partial charge in [-0.2, -0.15) is 0 Å². The molecule has 1 aliphatic carbocycles. The number of benzene rings is 1. The highest BCUT2D eigenvalue weighted by Crippen LogP contribution is 2.36. The van der Waals surface area contributed by atoms with Crippen molar-refractivity contribution in [2.24, 2.45) is 0 Å². The van der Waals surface area contributed by atoms with E-state index in [1.165, 1.54) is 12.5 Å². The SMILES string of the molecule is O=C(O)c1cc(-c2cc(Cl)ccc2OC2CCC2)on1. The molecule has 5 nitrogen and oxygen atoms in total. The summed E-state index contributed by atoms with van der Waals surface area (Å²) in [6.07, 6.45) is 3.42. The van der Waals surface area contributed by atoms with E-state index >= 15 is 0 Å². The molecule has 0 aliphatic heterocycles. The summed E-state index contributed by atoms with van der Waals surface area (Å²) in [5, 5.41) is 12.9. The second-order valence-electron chi connectivity index (χ2n) is 4.69. The summed E-state index contributed by atoms with van der Waals surface area (Å²) in [5.74, 6) is -0.171. The molecule has 1 fully saturated rings. The molecule has 1 aromatic heterocycles. The lowest BCUT2D eigenvalue weighted by molar-refractivity contribution is 0.0686. The largest absolute Gasteiger partial charge is 0.490 e. The Kier molecular flexibility index (Phi) is 3.36. The number of hydrogen-bond acceptors (Lipinski definition) is 4.